The Labute approximate surface area is 145 Å². The summed E-state index contributed by atoms with van der Waals surface area (Å²) in [4.78, 5) is 0. The van der Waals surface area contributed by atoms with Crippen molar-refractivity contribution in [2.24, 2.45) is 0 Å². The number of halogens is 4. The normalized spacial score (nSPS) is 12.4. The van der Waals surface area contributed by atoms with E-state index in [1.54, 1.807) is 18.5 Å². The summed E-state index contributed by atoms with van der Waals surface area (Å²) in [5.74, 6) is 0. The van der Waals surface area contributed by atoms with Gasteiger partial charge in [-0.1, -0.05) is 40.0 Å². The zero-order valence-electron chi connectivity index (χ0n) is 15.0. The molecule has 0 N–H and O–H groups in total. The average Bonchev–Trinajstić information content (AvgIpc) is 2.54. The first-order valence-corrected chi connectivity index (χ1v) is 11.6. The molecule has 0 saturated heterocycles. The van der Waals surface area contributed by atoms with E-state index in [1.165, 1.54) is 38.5 Å². The first-order valence-electron chi connectivity index (χ1n) is 8.29. The third-order valence-corrected chi connectivity index (χ3v) is 7.42. The summed E-state index contributed by atoms with van der Waals surface area (Å²) >= 11 is 0. The minimum Gasteiger partial charge on any atom is -0.269 e. The van der Waals surface area contributed by atoms with Gasteiger partial charge in [0.2, 0.25) is 0 Å². The molecule has 0 aromatic rings. The molecular weight excluding hydrogens is 367 g/mol. The summed E-state index contributed by atoms with van der Waals surface area (Å²) in [6, 6.07) is 0. The van der Waals surface area contributed by atoms with Crippen molar-refractivity contribution in [1.29, 1.82) is 0 Å². The molecule has 0 amide bonds. The largest absolute Gasteiger partial charge is 0.428 e. The summed E-state index contributed by atoms with van der Waals surface area (Å²) in [5.41, 5.74) is 0. The van der Waals surface area contributed by atoms with Gasteiger partial charge in [-0.25, -0.2) is 8.78 Å². The van der Waals surface area contributed by atoms with Crippen LogP contribution in [0.3, 0.4) is 0 Å². The molecular formula is C15H31F4O3PS. The minimum atomic E-state index is -5.48. The van der Waals surface area contributed by atoms with Crippen molar-refractivity contribution in [1.82, 2.24) is 0 Å². The zero-order valence-corrected chi connectivity index (χ0v) is 16.7. The lowest BCUT2D eigenvalue weighted by Crippen LogP contribution is -2.37. The van der Waals surface area contributed by atoms with Crippen LogP contribution < -0.4 is 0 Å². The number of hydrogen-bond donors (Lipinski definition) is 0. The van der Waals surface area contributed by atoms with Gasteiger partial charge >= 0.3 is 21.8 Å². The van der Waals surface area contributed by atoms with E-state index in [1.807, 2.05) is 0 Å². The Kier molecular flexibility index (Phi) is 15.6. The maximum atomic E-state index is 11.9. The van der Waals surface area contributed by atoms with E-state index in [2.05, 4.69) is 25.0 Å². The second kappa shape index (κ2) is 14.3. The van der Waals surface area contributed by atoms with Crippen LogP contribution in [0.1, 0.15) is 59.3 Å². The molecule has 0 radical (unpaired) electrons. The van der Waals surface area contributed by atoms with Crippen LogP contribution in [-0.4, -0.2) is 45.7 Å². The third kappa shape index (κ3) is 10.8. The van der Waals surface area contributed by atoms with Crippen LogP contribution >= 0.6 is 7.92 Å². The molecule has 0 aliphatic heterocycles. The number of unbranched alkanes of at least 4 members (excludes halogenated alkanes) is 3. The van der Waals surface area contributed by atoms with Crippen LogP contribution in [0.15, 0.2) is 0 Å². The van der Waals surface area contributed by atoms with E-state index in [0.717, 1.165) is 0 Å². The molecule has 0 atom stereocenters. The molecule has 0 aliphatic rings. The van der Waals surface area contributed by atoms with Gasteiger partial charge in [-0.15, -0.1) is 7.92 Å². The topological polar surface area (TPSA) is 43.4 Å². The Morgan fingerprint density at radius 3 is 1.42 bits per heavy atom. The van der Waals surface area contributed by atoms with Gasteiger partial charge in [0.25, 0.3) is 0 Å². The van der Waals surface area contributed by atoms with Crippen molar-refractivity contribution in [2.75, 3.05) is 25.6 Å². The Hall–Kier alpha value is 0.0600. The van der Waals surface area contributed by atoms with Crippen molar-refractivity contribution >= 4 is 18.0 Å². The summed E-state index contributed by atoms with van der Waals surface area (Å²) in [6.45, 7) is 6.94. The molecule has 0 aromatic heterocycles. The van der Waals surface area contributed by atoms with E-state index in [9.17, 15) is 26.0 Å². The molecule has 0 unspecified atom stereocenters. The smallest absolute Gasteiger partial charge is 0.269 e. The quantitative estimate of drug-likeness (QED) is 0.241. The van der Waals surface area contributed by atoms with E-state index >= 15 is 0 Å². The molecule has 0 spiro atoms. The summed E-state index contributed by atoms with van der Waals surface area (Å²) in [7, 11) is -4.68. The van der Waals surface area contributed by atoms with Gasteiger partial charge in [0, 0.05) is 0 Å². The number of alkyl halides is 4. The number of rotatable bonds is 12. The molecule has 0 heterocycles. The van der Waals surface area contributed by atoms with E-state index in [-0.39, 0.29) is 0 Å². The van der Waals surface area contributed by atoms with Gasteiger partial charge < -0.3 is 0 Å². The Morgan fingerprint density at radius 2 is 1.25 bits per heavy atom. The second-order valence-electron chi connectivity index (χ2n) is 5.39. The molecule has 148 valence electrons. The highest BCUT2D eigenvalue weighted by molar-refractivity contribution is 7.87. The van der Waals surface area contributed by atoms with Crippen LogP contribution in [0, 0.1) is 0 Å². The monoisotopic (exact) mass is 398 g/mol. The van der Waals surface area contributed by atoms with E-state index in [0.29, 0.717) is 15.0 Å². The molecule has 9 heteroatoms. The SMILES string of the molecule is CCCCP(CCCC)CCCC.COS(=O)(=O)C(F)(F)C(F)F. The lowest BCUT2D eigenvalue weighted by Gasteiger charge is -2.16. The van der Waals surface area contributed by atoms with Crippen LogP contribution in [-0.2, 0) is 14.3 Å². The number of hydrogen-bond acceptors (Lipinski definition) is 3. The van der Waals surface area contributed by atoms with Crippen molar-refractivity contribution in [2.45, 2.75) is 71.0 Å². The fraction of sp³-hybridized carbons (Fsp3) is 1.00. The zero-order chi connectivity index (χ0) is 19.2. The second-order valence-corrected chi connectivity index (χ2v) is 9.85. The fourth-order valence-corrected chi connectivity index (χ4v) is 5.10. The Bertz CT molecular complexity index is 373. The molecule has 0 bridgehead atoms. The Morgan fingerprint density at radius 1 is 0.917 bits per heavy atom. The first-order chi connectivity index (χ1) is 11.1. The predicted molar refractivity (Wildman–Crippen MR) is 93.1 cm³/mol. The lowest BCUT2D eigenvalue weighted by molar-refractivity contribution is -0.0698. The minimum absolute atomic E-state index is 0.381. The highest BCUT2D eigenvalue weighted by atomic mass is 32.2. The van der Waals surface area contributed by atoms with Crippen LogP contribution in [0.2, 0.25) is 0 Å². The molecule has 0 fully saturated rings. The summed E-state index contributed by atoms with van der Waals surface area (Å²) in [6.07, 6.45) is 8.93. The van der Waals surface area contributed by atoms with Gasteiger partial charge in [0.15, 0.2) is 0 Å². The first kappa shape index (κ1) is 26.3. The van der Waals surface area contributed by atoms with Gasteiger partial charge in [-0.3, -0.25) is 4.18 Å². The molecule has 24 heavy (non-hydrogen) atoms. The van der Waals surface area contributed by atoms with Crippen molar-refractivity contribution in [3.8, 4) is 0 Å². The van der Waals surface area contributed by atoms with Crippen LogP contribution in [0.25, 0.3) is 0 Å². The van der Waals surface area contributed by atoms with E-state index in [4.69, 9.17) is 0 Å². The Balaban J connectivity index is 0. The highest BCUT2D eigenvalue weighted by Crippen LogP contribution is 2.38. The third-order valence-electron chi connectivity index (χ3n) is 3.29. The van der Waals surface area contributed by atoms with Crippen molar-refractivity contribution in [3.05, 3.63) is 0 Å². The highest BCUT2D eigenvalue weighted by Gasteiger charge is 2.54. The predicted octanol–water partition coefficient (Wildman–Crippen LogP) is 5.69. The van der Waals surface area contributed by atoms with Crippen molar-refractivity contribution < 1.29 is 30.2 Å². The van der Waals surface area contributed by atoms with Crippen LogP contribution in [0.4, 0.5) is 17.6 Å². The lowest BCUT2D eigenvalue weighted by atomic mass is 10.4. The average molecular weight is 398 g/mol. The maximum Gasteiger partial charge on any atom is 0.428 e. The van der Waals surface area contributed by atoms with Crippen LogP contribution in [0.5, 0.6) is 0 Å². The summed E-state index contributed by atoms with van der Waals surface area (Å²) in [5, 5.41) is -5.14. The van der Waals surface area contributed by atoms with Gasteiger partial charge in [-0.2, -0.15) is 17.2 Å². The standard InChI is InChI=1S/C12H27P.C3H4F4O3S/c1-4-7-10-13(11-8-5-2)12-9-6-3;1-10-11(8,9)3(6,7)2(4)5/h4-12H2,1-3H3;2H,1H3. The fourth-order valence-electron chi connectivity index (χ4n) is 1.70. The molecule has 0 saturated carbocycles. The maximum absolute atomic E-state index is 11.9. The molecule has 0 aliphatic carbocycles. The molecule has 0 rings (SSSR count). The molecule has 3 nitrogen and oxygen atoms in total. The summed E-state index contributed by atoms with van der Waals surface area (Å²) < 4.78 is 69.5. The van der Waals surface area contributed by atoms with E-state index < -0.39 is 21.8 Å². The molecule has 0 aromatic carbocycles. The van der Waals surface area contributed by atoms with Gasteiger partial charge in [0.05, 0.1) is 7.11 Å². The van der Waals surface area contributed by atoms with Crippen molar-refractivity contribution in [3.63, 3.8) is 0 Å². The van der Waals surface area contributed by atoms with Gasteiger partial charge in [0.1, 0.15) is 0 Å². The van der Waals surface area contributed by atoms with Gasteiger partial charge in [-0.05, 0) is 37.7 Å².